The molecule has 6 heteroatoms. The van der Waals surface area contributed by atoms with Crippen LogP contribution in [0.4, 0.5) is 68.2 Å². The summed E-state index contributed by atoms with van der Waals surface area (Å²) < 4.78 is 4.79. The molecular formula is C102H76N6. The molecule has 0 atom stereocenters. The van der Waals surface area contributed by atoms with Crippen molar-refractivity contribution in [2.24, 2.45) is 0 Å². The SMILES string of the molecule is Cc1ccc(N(c2ccc(C)cc2)c2ccc(-c3c4ccc(N(c5ccccc5)c5ccc6c(c5)c5ccccc5n6-c5ccccc5)cc4c(-c4ccc(N(c5ccc(C)cc5)c5ccc(C)cc5)cc4)c4ccc(N(c5ccccc5)c5ccc6c(c5)c5ccccc5n6-c5ccccc5)cc34)cc2)cc1. The van der Waals surface area contributed by atoms with Gasteiger partial charge >= 0.3 is 0 Å². The minimum absolute atomic E-state index is 1.03. The largest absolute Gasteiger partial charge is 0.311 e. The summed E-state index contributed by atoms with van der Waals surface area (Å²) in [5.74, 6) is 0. The van der Waals surface area contributed by atoms with Gasteiger partial charge in [0.2, 0.25) is 0 Å². The van der Waals surface area contributed by atoms with Crippen LogP contribution in [0.15, 0.2) is 388 Å². The molecule has 0 saturated carbocycles. The Morgan fingerprint density at radius 2 is 0.398 bits per heavy atom. The third-order valence-corrected chi connectivity index (χ3v) is 21.5. The van der Waals surface area contributed by atoms with Gasteiger partial charge in [-0.05, 0) is 266 Å². The minimum atomic E-state index is 1.03. The average Bonchev–Trinajstić information content (AvgIpc) is 0.845. The smallest absolute Gasteiger partial charge is 0.0542 e. The van der Waals surface area contributed by atoms with Crippen molar-refractivity contribution >= 4 is 133 Å². The zero-order chi connectivity index (χ0) is 72.3. The highest BCUT2D eigenvalue weighted by atomic mass is 15.2. The predicted molar refractivity (Wildman–Crippen MR) is 459 cm³/mol. The van der Waals surface area contributed by atoms with E-state index in [-0.39, 0.29) is 0 Å². The number of para-hydroxylation sites is 6. The number of aromatic nitrogens is 2. The molecule has 17 aromatic carbocycles. The summed E-state index contributed by atoms with van der Waals surface area (Å²) in [6.07, 6.45) is 0. The van der Waals surface area contributed by atoms with E-state index in [2.05, 4.69) is 445 Å². The zero-order valence-corrected chi connectivity index (χ0v) is 60.6. The van der Waals surface area contributed by atoms with E-state index < -0.39 is 0 Å². The Morgan fingerprint density at radius 1 is 0.167 bits per heavy atom. The maximum Gasteiger partial charge on any atom is 0.0542 e. The average molecular weight is 1390 g/mol. The van der Waals surface area contributed by atoms with Gasteiger partial charge in [-0.1, -0.05) is 216 Å². The van der Waals surface area contributed by atoms with Gasteiger partial charge in [0.1, 0.15) is 0 Å². The fourth-order valence-corrected chi connectivity index (χ4v) is 16.3. The van der Waals surface area contributed by atoms with E-state index in [1.54, 1.807) is 0 Å². The van der Waals surface area contributed by atoms with Crippen LogP contribution in [0.1, 0.15) is 22.3 Å². The van der Waals surface area contributed by atoms with E-state index in [1.807, 2.05) is 0 Å². The molecule has 19 rings (SSSR count). The van der Waals surface area contributed by atoms with Crippen LogP contribution in [-0.4, -0.2) is 9.13 Å². The number of aryl methyl sites for hydroxylation is 4. The summed E-state index contributed by atoms with van der Waals surface area (Å²) in [7, 11) is 0. The topological polar surface area (TPSA) is 22.8 Å². The molecule has 0 aliphatic heterocycles. The predicted octanol–water partition coefficient (Wildman–Crippen LogP) is 28.6. The quantitative estimate of drug-likeness (QED) is 0.0900. The lowest BCUT2D eigenvalue weighted by Crippen LogP contribution is -2.11. The first-order valence-corrected chi connectivity index (χ1v) is 37.2. The van der Waals surface area contributed by atoms with Crippen LogP contribution < -0.4 is 19.6 Å². The van der Waals surface area contributed by atoms with Gasteiger partial charge in [0.25, 0.3) is 0 Å². The van der Waals surface area contributed by atoms with Gasteiger partial charge in [-0.25, -0.2) is 0 Å². The second-order valence-corrected chi connectivity index (χ2v) is 28.4. The van der Waals surface area contributed by atoms with Crippen LogP contribution in [-0.2, 0) is 0 Å². The Labute approximate surface area is 630 Å². The summed E-state index contributed by atoms with van der Waals surface area (Å²) in [4.78, 5) is 9.63. The third kappa shape index (κ3) is 11.6. The van der Waals surface area contributed by atoms with Crippen molar-refractivity contribution in [3.05, 3.63) is 411 Å². The summed E-state index contributed by atoms with van der Waals surface area (Å²) in [6.45, 7) is 8.61. The first-order valence-electron chi connectivity index (χ1n) is 37.2. The molecule has 0 unspecified atom stereocenters. The molecule has 0 fully saturated rings. The van der Waals surface area contributed by atoms with Crippen LogP contribution in [0.2, 0.25) is 0 Å². The number of benzene rings is 17. The Morgan fingerprint density at radius 3 is 0.722 bits per heavy atom. The molecular weight excluding hydrogens is 1310 g/mol. The zero-order valence-electron chi connectivity index (χ0n) is 60.6. The van der Waals surface area contributed by atoms with E-state index in [4.69, 9.17) is 0 Å². The van der Waals surface area contributed by atoms with Gasteiger partial charge in [0, 0.05) is 101 Å². The molecule has 0 aliphatic carbocycles. The molecule has 108 heavy (non-hydrogen) atoms. The number of anilines is 12. The van der Waals surface area contributed by atoms with Gasteiger partial charge in [0.15, 0.2) is 0 Å². The number of hydrogen-bond acceptors (Lipinski definition) is 4. The van der Waals surface area contributed by atoms with Gasteiger partial charge in [-0.2, -0.15) is 0 Å². The van der Waals surface area contributed by atoms with Crippen LogP contribution in [0.5, 0.6) is 0 Å². The molecule has 0 aliphatic rings. The van der Waals surface area contributed by atoms with Crippen molar-refractivity contribution in [1.82, 2.24) is 9.13 Å². The number of fused-ring (bicyclic) bond motifs is 8. The lowest BCUT2D eigenvalue weighted by atomic mass is 9.85. The first-order chi connectivity index (χ1) is 53.2. The maximum absolute atomic E-state index is 2.47. The van der Waals surface area contributed by atoms with Gasteiger partial charge < -0.3 is 28.7 Å². The second-order valence-electron chi connectivity index (χ2n) is 28.4. The van der Waals surface area contributed by atoms with Crippen LogP contribution in [0, 0.1) is 27.7 Å². The first kappa shape index (κ1) is 64.9. The van der Waals surface area contributed by atoms with Gasteiger partial charge in [-0.15, -0.1) is 0 Å². The molecule has 0 N–H and O–H groups in total. The molecule has 6 nitrogen and oxygen atoms in total. The highest BCUT2D eigenvalue weighted by Crippen LogP contribution is 2.51. The van der Waals surface area contributed by atoms with Crippen LogP contribution >= 0.6 is 0 Å². The molecule has 514 valence electrons. The van der Waals surface area contributed by atoms with Gasteiger partial charge in [0.05, 0.1) is 22.1 Å². The number of rotatable bonds is 16. The summed E-state index contributed by atoms with van der Waals surface area (Å²) in [6, 6.07) is 143. The highest BCUT2D eigenvalue weighted by molar-refractivity contribution is 6.23. The van der Waals surface area contributed by atoms with Crippen molar-refractivity contribution in [1.29, 1.82) is 0 Å². The van der Waals surface area contributed by atoms with Crippen molar-refractivity contribution in [2.75, 3.05) is 19.6 Å². The number of hydrogen-bond donors (Lipinski definition) is 0. The molecule has 2 aromatic heterocycles. The summed E-state index contributed by atoms with van der Waals surface area (Å²) >= 11 is 0. The Bertz CT molecular complexity index is 6040. The van der Waals surface area contributed by atoms with E-state index in [9.17, 15) is 0 Å². The van der Waals surface area contributed by atoms with E-state index >= 15 is 0 Å². The van der Waals surface area contributed by atoms with Crippen LogP contribution in [0.3, 0.4) is 0 Å². The molecule has 0 bridgehead atoms. The van der Waals surface area contributed by atoms with E-state index in [0.717, 1.165) is 145 Å². The third-order valence-electron chi connectivity index (χ3n) is 21.5. The van der Waals surface area contributed by atoms with Crippen molar-refractivity contribution in [2.45, 2.75) is 27.7 Å². The molecule has 0 radical (unpaired) electrons. The molecule has 2 heterocycles. The Kier molecular flexibility index (Phi) is 16.4. The van der Waals surface area contributed by atoms with Crippen molar-refractivity contribution < 1.29 is 0 Å². The molecule has 0 amide bonds. The molecule has 0 saturated heterocycles. The Hall–Kier alpha value is -13.9. The second kappa shape index (κ2) is 27.3. The minimum Gasteiger partial charge on any atom is -0.311 e. The monoisotopic (exact) mass is 1380 g/mol. The lowest BCUT2D eigenvalue weighted by molar-refractivity contribution is 1.18. The Balaban J connectivity index is 0.876. The highest BCUT2D eigenvalue weighted by Gasteiger charge is 2.26. The molecule has 0 spiro atoms. The van der Waals surface area contributed by atoms with Crippen molar-refractivity contribution in [3.63, 3.8) is 0 Å². The maximum atomic E-state index is 2.47. The summed E-state index contributed by atoms with van der Waals surface area (Å²) in [5.41, 5.74) is 29.0. The van der Waals surface area contributed by atoms with Crippen LogP contribution in [0.25, 0.3) is 98.8 Å². The molecule has 19 aromatic rings. The van der Waals surface area contributed by atoms with Crippen molar-refractivity contribution in [3.8, 4) is 33.6 Å². The number of nitrogens with zero attached hydrogens (tertiary/aromatic N) is 6. The summed E-state index contributed by atoms with van der Waals surface area (Å²) in [5, 5.41) is 9.25. The van der Waals surface area contributed by atoms with E-state index in [1.165, 1.54) is 43.8 Å². The lowest BCUT2D eigenvalue weighted by Gasteiger charge is -2.29. The van der Waals surface area contributed by atoms with Gasteiger partial charge in [-0.3, -0.25) is 0 Å². The fourth-order valence-electron chi connectivity index (χ4n) is 16.3. The standard InChI is InChI=1S/C102H76N6/c1-69-33-45-79(46-34-69)103(80-47-35-70(2)36-48-80)83-53-41-73(42-54-83)101-91-61-57-86(106(76-23-11-6-12-24-76)88-60-64-100-94(66-88)90-30-18-20-32-98(90)108(100)78-27-15-8-16-28-78)68-96(91)102(74-43-55-84(56-44-74)104(81-49-37-71(3)38-50-81)82-51-39-72(4)40-52-82)92-62-58-85(67-95(92)101)105(75-21-9-5-10-22-75)87-59-63-99-93(65-87)89-29-17-19-31-97(89)107(99)77-25-13-7-14-26-77/h5-68H,1-4H3. The fraction of sp³-hybridized carbons (Fsp3) is 0.0392. The van der Waals surface area contributed by atoms with E-state index in [0.29, 0.717) is 0 Å². The normalized spacial score (nSPS) is 11.5.